The number of amides is 1. The van der Waals surface area contributed by atoms with Gasteiger partial charge in [0.2, 0.25) is 5.91 Å². The van der Waals surface area contributed by atoms with Crippen molar-refractivity contribution < 1.29 is 31.1 Å². The Bertz CT molecular complexity index is 2580. The van der Waals surface area contributed by atoms with E-state index in [-0.39, 0.29) is 29.2 Å². The van der Waals surface area contributed by atoms with Crippen molar-refractivity contribution in [1.82, 2.24) is 34.8 Å². The predicted octanol–water partition coefficient (Wildman–Crippen LogP) is 6.02. The molecule has 18 heteroatoms. The number of hydrogen-bond donors (Lipinski definition) is 4. The maximum absolute atomic E-state index is 15.1. The second-order valence-electron chi connectivity index (χ2n) is 13.7. The molecule has 1 fully saturated rings. The molecule has 1 aliphatic rings. The maximum Gasteiger partial charge on any atom is 0.290 e. The largest absolute Gasteiger partial charge is 0.397 e. The van der Waals surface area contributed by atoms with Crippen molar-refractivity contribution in [1.29, 1.82) is 0 Å². The summed E-state index contributed by atoms with van der Waals surface area (Å²) in [5.41, 5.74) is 18.5. The van der Waals surface area contributed by atoms with Gasteiger partial charge in [0.15, 0.2) is 11.6 Å². The number of fused-ring (bicyclic) bond motifs is 2. The number of carbonyl (C=O) groups excluding carboxylic acids is 1. The summed E-state index contributed by atoms with van der Waals surface area (Å²) < 4.78 is 89.5. The van der Waals surface area contributed by atoms with Gasteiger partial charge in [0.05, 0.1) is 46.1 Å². The Morgan fingerprint density at radius 2 is 1.55 bits per heavy atom. The van der Waals surface area contributed by atoms with Crippen molar-refractivity contribution >= 4 is 45.1 Å². The van der Waals surface area contributed by atoms with Gasteiger partial charge in [-0.2, -0.15) is 19.0 Å². The van der Waals surface area contributed by atoms with E-state index in [9.17, 15) is 22.4 Å². The van der Waals surface area contributed by atoms with E-state index in [2.05, 4.69) is 20.5 Å². The van der Waals surface area contributed by atoms with Crippen LogP contribution in [0.3, 0.4) is 0 Å². The average molecular weight is 776 g/mol. The molecule has 1 saturated carbocycles. The van der Waals surface area contributed by atoms with Crippen molar-refractivity contribution in [3.8, 4) is 22.5 Å². The first kappa shape index (κ1) is 37.8. The minimum Gasteiger partial charge on any atom is -0.397 e. The molecule has 0 radical (unpaired) electrons. The Kier molecular flexibility index (Phi) is 9.67. The highest BCUT2D eigenvalue weighted by Crippen LogP contribution is 2.42. The van der Waals surface area contributed by atoms with E-state index in [4.69, 9.17) is 27.2 Å². The molecule has 56 heavy (non-hydrogen) atoms. The Hall–Kier alpha value is -6.46. The molecule has 3 aromatic heterocycles. The molecule has 1 unspecified atom stereocenters. The number of aryl methyl sites for hydroxylation is 2. The molecule has 290 valence electrons. The fourth-order valence-corrected chi connectivity index (χ4v) is 7.43. The van der Waals surface area contributed by atoms with Gasteiger partial charge in [-0.15, -0.1) is 0 Å². The topological polar surface area (TPSA) is 181 Å². The molecule has 0 bridgehead atoms. The van der Waals surface area contributed by atoms with Crippen LogP contribution in [0, 0.1) is 17.6 Å². The second-order valence-corrected chi connectivity index (χ2v) is 13.7. The highest BCUT2D eigenvalue weighted by molar-refractivity contribution is 6.09. The number of allylic oxidation sites excluding steroid dienone is 2. The fourth-order valence-electron chi connectivity index (χ4n) is 7.43. The van der Waals surface area contributed by atoms with Gasteiger partial charge >= 0.3 is 0 Å². The summed E-state index contributed by atoms with van der Waals surface area (Å²) in [4.78, 5) is 27.3. The number of benzene rings is 3. The third kappa shape index (κ3) is 6.86. The standard InChI is InChI=1S/C38H35F6N11O/c1-17-14-38(43,44)34(28(17)29(45)35(41)42)49-16-27(56)50-25(12-18-10-19(39)13-20(40)11-18)31-30(22-7-5-9-24-33(22)55(3)53-37(24)47)51-26(15-48-31)21-6-4-8-23-32(21)54(2)52-36(23)46/h4-11,13,15,17,25,35H,12,14,16,45H2,1-3H3,(H2,46,52)(H2,47,53)(H,50,56)/t17-,25?/m0/s1. The zero-order valence-corrected chi connectivity index (χ0v) is 30.2. The third-order valence-corrected chi connectivity index (χ3v) is 9.73. The molecule has 12 nitrogen and oxygen atoms in total. The highest BCUT2D eigenvalue weighted by Gasteiger charge is 2.49. The summed E-state index contributed by atoms with van der Waals surface area (Å²) in [6.07, 6.45) is -2.85. The van der Waals surface area contributed by atoms with Crippen molar-refractivity contribution in [2.45, 2.75) is 38.2 Å². The van der Waals surface area contributed by atoms with Crippen LogP contribution in [0.2, 0.25) is 0 Å². The van der Waals surface area contributed by atoms with Gasteiger partial charge in [-0.3, -0.25) is 24.1 Å². The molecule has 3 aromatic carbocycles. The van der Waals surface area contributed by atoms with Crippen LogP contribution in [0.1, 0.15) is 30.6 Å². The average Bonchev–Trinajstić information content (AvgIpc) is 3.69. The molecule has 0 saturated heterocycles. The molecular formula is C38H35F6N11O. The molecule has 3 heterocycles. The van der Waals surface area contributed by atoms with Crippen molar-refractivity contribution in [3.05, 3.63) is 95.0 Å². The van der Waals surface area contributed by atoms with Gasteiger partial charge in [0.1, 0.15) is 23.9 Å². The van der Waals surface area contributed by atoms with Crippen molar-refractivity contribution in [3.63, 3.8) is 0 Å². The van der Waals surface area contributed by atoms with Crippen molar-refractivity contribution in [2.75, 3.05) is 18.0 Å². The Balaban J connectivity index is 1.39. The lowest BCUT2D eigenvalue weighted by molar-refractivity contribution is -0.120. The van der Waals surface area contributed by atoms with Crippen LogP contribution in [0.15, 0.2) is 77.1 Å². The first-order chi connectivity index (χ1) is 26.5. The van der Waals surface area contributed by atoms with Gasteiger partial charge in [-0.25, -0.2) is 22.5 Å². The lowest BCUT2D eigenvalue weighted by Crippen LogP contribution is -2.34. The van der Waals surface area contributed by atoms with Crippen LogP contribution in [0.5, 0.6) is 0 Å². The van der Waals surface area contributed by atoms with Gasteiger partial charge in [-0.1, -0.05) is 31.2 Å². The van der Waals surface area contributed by atoms with E-state index in [1.54, 1.807) is 59.9 Å². The number of nitrogens with zero attached hydrogens (tertiary/aromatic N) is 7. The molecular weight excluding hydrogens is 740 g/mol. The monoisotopic (exact) mass is 775 g/mol. The van der Waals surface area contributed by atoms with Crippen LogP contribution in [-0.2, 0) is 25.3 Å². The first-order valence-electron chi connectivity index (χ1n) is 17.3. The van der Waals surface area contributed by atoms with Crippen LogP contribution < -0.4 is 22.5 Å². The van der Waals surface area contributed by atoms with Gasteiger partial charge in [0, 0.05) is 54.1 Å². The Labute approximate surface area is 315 Å². The summed E-state index contributed by atoms with van der Waals surface area (Å²) in [6, 6.07) is 12.2. The predicted molar refractivity (Wildman–Crippen MR) is 199 cm³/mol. The normalized spacial score (nSPS) is 17.7. The summed E-state index contributed by atoms with van der Waals surface area (Å²) in [6.45, 7) is 0.392. The SMILES string of the molecule is C[C@H]1CC(F)(F)C(=NCC(=O)NC(Cc2cc(F)cc(F)c2)c2ncc(-c3cccc4c(N)nn(C)c34)nc2-c2cccc3c(N)nn(C)c23)C1=C(N)C(F)F. The summed E-state index contributed by atoms with van der Waals surface area (Å²) in [5.74, 6) is -6.86. The number of aromatic nitrogens is 6. The van der Waals surface area contributed by atoms with E-state index in [1.165, 1.54) is 13.1 Å². The zero-order valence-electron chi connectivity index (χ0n) is 30.2. The third-order valence-electron chi connectivity index (χ3n) is 9.73. The van der Waals surface area contributed by atoms with Gasteiger partial charge in [-0.05, 0) is 42.2 Å². The summed E-state index contributed by atoms with van der Waals surface area (Å²) in [5, 5.41) is 12.7. The van der Waals surface area contributed by atoms with Crippen LogP contribution in [-0.4, -0.2) is 60.0 Å². The quantitative estimate of drug-likeness (QED) is 0.129. The minimum absolute atomic E-state index is 0.111. The number of halogens is 6. The molecule has 7 rings (SSSR count). The fraction of sp³-hybridized carbons (Fsp3) is 0.263. The highest BCUT2D eigenvalue weighted by atomic mass is 19.3. The lowest BCUT2D eigenvalue weighted by atomic mass is 9.96. The van der Waals surface area contributed by atoms with E-state index >= 15 is 8.78 Å². The number of nitrogens with one attached hydrogen (secondary N) is 1. The maximum atomic E-state index is 15.1. The number of rotatable bonds is 9. The van der Waals surface area contributed by atoms with Gasteiger partial charge in [0.25, 0.3) is 12.3 Å². The van der Waals surface area contributed by atoms with Crippen LogP contribution in [0.25, 0.3) is 44.3 Å². The van der Waals surface area contributed by atoms with Crippen molar-refractivity contribution in [2.24, 2.45) is 30.7 Å². The minimum atomic E-state index is -3.63. The Morgan fingerprint density at radius 1 is 0.964 bits per heavy atom. The number of nitrogen functional groups attached to an aromatic ring is 2. The zero-order chi connectivity index (χ0) is 40.2. The molecule has 1 aliphatic carbocycles. The number of alkyl halides is 4. The Morgan fingerprint density at radius 3 is 2.16 bits per heavy atom. The number of para-hydroxylation sites is 2. The smallest absolute Gasteiger partial charge is 0.290 e. The summed E-state index contributed by atoms with van der Waals surface area (Å²) >= 11 is 0. The first-order valence-corrected chi connectivity index (χ1v) is 17.3. The number of carbonyl (C=O) groups is 1. The molecule has 0 aliphatic heterocycles. The lowest BCUT2D eigenvalue weighted by Gasteiger charge is -2.22. The molecule has 2 atom stereocenters. The second kappa shape index (κ2) is 14.3. The van der Waals surface area contributed by atoms with E-state index in [0.717, 1.165) is 12.1 Å². The van der Waals surface area contributed by atoms with E-state index < -0.39 is 71.8 Å². The van der Waals surface area contributed by atoms with E-state index in [1.807, 2.05) is 0 Å². The number of nitrogens with two attached hydrogens (primary N) is 3. The molecule has 1 amide bonds. The van der Waals surface area contributed by atoms with E-state index in [0.29, 0.717) is 50.5 Å². The number of anilines is 2. The summed E-state index contributed by atoms with van der Waals surface area (Å²) in [7, 11) is 3.40. The molecule has 6 aromatic rings. The van der Waals surface area contributed by atoms with Crippen LogP contribution >= 0.6 is 0 Å². The number of hydrogen-bond acceptors (Lipinski definition) is 9. The van der Waals surface area contributed by atoms with Crippen LogP contribution in [0.4, 0.5) is 38.0 Å². The molecule has 0 spiro atoms. The molecule has 7 N–H and O–H groups in total. The van der Waals surface area contributed by atoms with Gasteiger partial charge < -0.3 is 22.5 Å². The number of aliphatic imine (C=N–C) groups is 1.